The van der Waals surface area contributed by atoms with Gasteiger partial charge >= 0.3 is 6.36 Å². The van der Waals surface area contributed by atoms with Crippen molar-refractivity contribution in [2.45, 2.75) is 32.7 Å². The maximum Gasteiger partial charge on any atom is 0.573 e. The first-order valence-corrected chi connectivity index (χ1v) is 9.18. The topological polar surface area (TPSA) is 24.9 Å². The summed E-state index contributed by atoms with van der Waals surface area (Å²) >= 11 is 3.28. The molecule has 0 saturated carbocycles. The van der Waals surface area contributed by atoms with Crippen molar-refractivity contribution in [2.75, 3.05) is 39.3 Å². The molecule has 0 aromatic heterocycles. The molecule has 0 bridgehead atoms. The molecule has 1 saturated heterocycles. The minimum absolute atomic E-state index is 0.282. The summed E-state index contributed by atoms with van der Waals surface area (Å²) in [6.45, 7) is 9.99. The Morgan fingerprint density at radius 3 is 2.44 bits per heavy atom. The third kappa shape index (κ3) is 7.03. The molecule has 1 aromatic carbocycles. The average molecular weight is 425 g/mol. The van der Waals surface area contributed by atoms with Crippen LogP contribution in [0.15, 0.2) is 22.7 Å². The average Bonchev–Trinajstić information content (AvgIpc) is 2.53. The van der Waals surface area contributed by atoms with Crippen LogP contribution in [-0.2, 0) is 0 Å². The van der Waals surface area contributed by atoms with E-state index >= 15 is 0 Å². The van der Waals surface area contributed by atoms with Gasteiger partial charge in [0, 0.05) is 44.8 Å². The Labute approximate surface area is 155 Å². The first-order chi connectivity index (χ1) is 11.7. The molecular formula is C17H24BrF3N2O2. The molecule has 0 radical (unpaired) electrons. The minimum Gasteiger partial charge on any atom is -0.492 e. The van der Waals surface area contributed by atoms with Gasteiger partial charge < -0.3 is 14.4 Å². The van der Waals surface area contributed by atoms with Gasteiger partial charge in [-0.25, -0.2) is 0 Å². The Kier molecular flexibility index (Phi) is 7.39. The molecule has 1 fully saturated rings. The Morgan fingerprint density at radius 1 is 1.16 bits per heavy atom. The van der Waals surface area contributed by atoms with Crippen molar-refractivity contribution in [3.8, 4) is 11.5 Å². The largest absolute Gasteiger partial charge is 0.573 e. The molecule has 142 valence electrons. The van der Waals surface area contributed by atoms with E-state index in [1.807, 2.05) is 0 Å². The second-order valence-corrected chi connectivity index (χ2v) is 7.17. The quantitative estimate of drug-likeness (QED) is 0.614. The van der Waals surface area contributed by atoms with Crippen molar-refractivity contribution >= 4 is 15.9 Å². The van der Waals surface area contributed by atoms with Crippen molar-refractivity contribution in [1.82, 2.24) is 9.80 Å². The molecular weight excluding hydrogens is 401 g/mol. The molecule has 0 amide bonds. The van der Waals surface area contributed by atoms with Crippen LogP contribution >= 0.6 is 15.9 Å². The number of rotatable bonds is 7. The van der Waals surface area contributed by atoms with E-state index in [-0.39, 0.29) is 5.75 Å². The van der Waals surface area contributed by atoms with Gasteiger partial charge in [-0.1, -0.05) is 0 Å². The molecule has 2 rings (SSSR count). The Bertz CT molecular complexity index is 547. The lowest BCUT2D eigenvalue weighted by Gasteiger charge is -2.36. The van der Waals surface area contributed by atoms with Crippen LogP contribution in [0.5, 0.6) is 11.5 Å². The van der Waals surface area contributed by atoms with Crippen LogP contribution in [0, 0.1) is 0 Å². The van der Waals surface area contributed by atoms with Crippen LogP contribution < -0.4 is 9.47 Å². The maximum atomic E-state index is 12.3. The standard InChI is InChI=1S/C17H24BrF3N2O2/c1-13(2)23-9-7-22(8-10-23)6-3-11-24-16-12-14(4-5-15(16)18)25-17(19,20)21/h4-5,12-13H,3,6-11H2,1-2H3. The number of benzene rings is 1. The van der Waals surface area contributed by atoms with E-state index in [1.54, 1.807) is 0 Å². The van der Waals surface area contributed by atoms with Crippen LogP contribution in [-0.4, -0.2) is 61.5 Å². The first kappa shape index (κ1) is 20.3. The highest BCUT2D eigenvalue weighted by Gasteiger charge is 2.31. The van der Waals surface area contributed by atoms with Crippen molar-refractivity contribution in [2.24, 2.45) is 0 Å². The molecule has 0 N–H and O–H groups in total. The van der Waals surface area contributed by atoms with E-state index in [1.165, 1.54) is 18.2 Å². The number of hydrogen-bond acceptors (Lipinski definition) is 4. The molecule has 4 nitrogen and oxygen atoms in total. The van der Waals surface area contributed by atoms with E-state index in [9.17, 15) is 13.2 Å². The smallest absolute Gasteiger partial charge is 0.492 e. The Hall–Kier alpha value is -0.990. The number of piperazine rings is 1. The lowest BCUT2D eigenvalue weighted by Crippen LogP contribution is -2.49. The van der Waals surface area contributed by atoms with Crippen molar-refractivity contribution < 1.29 is 22.6 Å². The number of ether oxygens (including phenoxy) is 2. The predicted molar refractivity (Wildman–Crippen MR) is 94.1 cm³/mol. The second kappa shape index (κ2) is 9.09. The predicted octanol–water partition coefficient (Wildman–Crippen LogP) is 4.14. The summed E-state index contributed by atoms with van der Waals surface area (Å²) in [6.07, 6.45) is -3.89. The number of alkyl halides is 3. The monoisotopic (exact) mass is 424 g/mol. The highest BCUT2D eigenvalue weighted by Crippen LogP contribution is 2.32. The van der Waals surface area contributed by atoms with Gasteiger partial charge in [0.25, 0.3) is 0 Å². The summed E-state index contributed by atoms with van der Waals surface area (Å²) in [7, 11) is 0. The summed E-state index contributed by atoms with van der Waals surface area (Å²) in [4.78, 5) is 4.84. The van der Waals surface area contributed by atoms with Crippen LogP contribution in [0.3, 0.4) is 0 Å². The molecule has 1 aromatic rings. The normalized spacial score (nSPS) is 17.1. The van der Waals surface area contributed by atoms with Crippen LogP contribution in [0.1, 0.15) is 20.3 Å². The zero-order chi connectivity index (χ0) is 18.4. The fraction of sp³-hybridized carbons (Fsp3) is 0.647. The van der Waals surface area contributed by atoms with Crippen molar-refractivity contribution in [3.63, 3.8) is 0 Å². The molecule has 1 heterocycles. The highest BCUT2D eigenvalue weighted by molar-refractivity contribution is 9.10. The first-order valence-electron chi connectivity index (χ1n) is 8.39. The van der Waals surface area contributed by atoms with E-state index in [0.717, 1.165) is 39.1 Å². The molecule has 0 atom stereocenters. The second-order valence-electron chi connectivity index (χ2n) is 6.31. The zero-order valence-corrected chi connectivity index (χ0v) is 16.1. The molecule has 8 heteroatoms. The fourth-order valence-corrected chi connectivity index (χ4v) is 3.13. The van der Waals surface area contributed by atoms with E-state index < -0.39 is 6.36 Å². The fourth-order valence-electron chi connectivity index (χ4n) is 2.77. The van der Waals surface area contributed by atoms with E-state index in [4.69, 9.17) is 4.74 Å². The van der Waals surface area contributed by atoms with Gasteiger partial charge in [-0.15, -0.1) is 13.2 Å². The van der Waals surface area contributed by atoms with Gasteiger partial charge in [0.1, 0.15) is 11.5 Å². The third-order valence-electron chi connectivity index (χ3n) is 4.15. The number of hydrogen-bond donors (Lipinski definition) is 0. The van der Waals surface area contributed by atoms with Gasteiger partial charge in [-0.05, 0) is 48.3 Å². The number of halogens is 4. The molecule has 25 heavy (non-hydrogen) atoms. The minimum atomic E-state index is -4.71. The number of nitrogens with zero attached hydrogens (tertiary/aromatic N) is 2. The molecule has 0 spiro atoms. The van der Waals surface area contributed by atoms with Crippen molar-refractivity contribution in [1.29, 1.82) is 0 Å². The van der Waals surface area contributed by atoms with Crippen molar-refractivity contribution in [3.05, 3.63) is 22.7 Å². The lowest BCUT2D eigenvalue weighted by molar-refractivity contribution is -0.274. The molecule has 0 unspecified atom stereocenters. The molecule has 1 aliphatic rings. The van der Waals surface area contributed by atoms with Gasteiger partial charge in [-0.3, -0.25) is 4.90 Å². The van der Waals surface area contributed by atoms with E-state index in [2.05, 4.69) is 44.3 Å². The van der Waals surface area contributed by atoms with Crippen LogP contribution in [0.25, 0.3) is 0 Å². The summed E-state index contributed by atoms with van der Waals surface area (Å²) < 4.78 is 47.0. The van der Waals surface area contributed by atoms with Gasteiger partial charge in [0.15, 0.2) is 0 Å². The third-order valence-corrected chi connectivity index (χ3v) is 4.80. The van der Waals surface area contributed by atoms with Gasteiger partial charge in [-0.2, -0.15) is 0 Å². The summed E-state index contributed by atoms with van der Waals surface area (Å²) in [5.41, 5.74) is 0. The highest BCUT2D eigenvalue weighted by atomic mass is 79.9. The van der Waals surface area contributed by atoms with Gasteiger partial charge in [0.05, 0.1) is 11.1 Å². The van der Waals surface area contributed by atoms with Crippen LogP contribution in [0.2, 0.25) is 0 Å². The van der Waals surface area contributed by atoms with Crippen LogP contribution in [0.4, 0.5) is 13.2 Å². The summed E-state index contributed by atoms with van der Waals surface area (Å²) in [5, 5.41) is 0. The maximum absolute atomic E-state index is 12.3. The summed E-state index contributed by atoms with van der Waals surface area (Å²) in [6, 6.07) is 4.56. The molecule has 0 aliphatic carbocycles. The van der Waals surface area contributed by atoms with Gasteiger partial charge in [0.2, 0.25) is 0 Å². The summed E-state index contributed by atoms with van der Waals surface area (Å²) in [5.74, 6) is 0.0712. The zero-order valence-electron chi connectivity index (χ0n) is 14.5. The Morgan fingerprint density at radius 2 is 1.84 bits per heavy atom. The SMILES string of the molecule is CC(C)N1CCN(CCCOc2cc(OC(F)(F)F)ccc2Br)CC1. The lowest BCUT2D eigenvalue weighted by atomic mass is 10.2. The molecule has 1 aliphatic heterocycles. The van der Waals surface area contributed by atoms with E-state index in [0.29, 0.717) is 22.9 Å². The Balaban J connectivity index is 1.74.